The van der Waals surface area contributed by atoms with Crippen molar-refractivity contribution >= 4 is 29.3 Å². The number of anilines is 1. The Labute approximate surface area is 141 Å². The Morgan fingerprint density at radius 2 is 2.12 bits per heavy atom. The summed E-state index contributed by atoms with van der Waals surface area (Å²) in [5.41, 5.74) is 0.154. The molecular formula is C15H13ClN2O6. The van der Waals surface area contributed by atoms with Crippen LogP contribution in [0.5, 0.6) is 11.5 Å². The van der Waals surface area contributed by atoms with Crippen molar-refractivity contribution in [1.82, 2.24) is 5.16 Å². The van der Waals surface area contributed by atoms with Crippen LogP contribution < -0.4 is 14.8 Å². The second-order valence-electron chi connectivity index (χ2n) is 5.05. The lowest BCUT2D eigenvalue weighted by atomic mass is 10.2. The van der Waals surface area contributed by atoms with E-state index in [4.69, 9.17) is 30.3 Å². The highest BCUT2D eigenvalue weighted by molar-refractivity contribution is 6.32. The lowest BCUT2D eigenvalue weighted by molar-refractivity contribution is -0.123. The van der Waals surface area contributed by atoms with Gasteiger partial charge in [0.05, 0.1) is 10.6 Å². The van der Waals surface area contributed by atoms with Crippen LogP contribution in [0.15, 0.2) is 22.7 Å². The van der Waals surface area contributed by atoms with Crippen LogP contribution in [-0.2, 0) is 9.53 Å². The molecule has 2 aromatic rings. The lowest BCUT2D eigenvalue weighted by Crippen LogP contribution is -2.30. The lowest BCUT2D eigenvalue weighted by Gasteiger charge is -2.12. The second kappa shape index (κ2) is 6.40. The van der Waals surface area contributed by atoms with Crippen molar-refractivity contribution < 1.29 is 28.3 Å². The number of rotatable bonds is 4. The van der Waals surface area contributed by atoms with E-state index in [0.29, 0.717) is 17.3 Å². The van der Waals surface area contributed by atoms with Crippen LogP contribution in [0.3, 0.4) is 0 Å². The van der Waals surface area contributed by atoms with Gasteiger partial charge in [0.2, 0.25) is 6.79 Å². The number of hydrogen-bond acceptors (Lipinski definition) is 7. The maximum Gasteiger partial charge on any atom is 0.339 e. The molecule has 1 aromatic carbocycles. The van der Waals surface area contributed by atoms with Crippen molar-refractivity contribution in [3.63, 3.8) is 0 Å². The highest BCUT2D eigenvalue weighted by Crippen LogP contribution is 2.39. The Morgan fingerprint density at radius 3 is 2.83 bits per heavy atom. The molecule has 0 saturated heterocycles. The van der Waals surface area contributed by atoms with Crippen molar-refractivity contribution in [3.8, 4) is 11.5 Å². The molecule has 1 aromatic heterocycles. The second-order valence-corrected chi connectivity index (χ2v) is 5.46. The Hall–Kier alpha value is -2.74. The smallest absolute Gasteiger partial charge is 0.339 e. The minimum Gasteiger partial charge on any atom is -0.454 e. The Balaban J connectivity index is 1.66. The van der Waals surface area contributed by atoms with Crippen LogP contribution in [-0.4, -0.2) is 29.9 Å². The van der Waals surface area contributed by atoms with Gasteiger partial charge in [0.1, 0.15) is 5.76 Å². The average molecular weight is 353 g/mol. The molecule has 1 amide bonds. The zero-order valence-corrected chi connectivity index (χ0v) is 13.5. The molecule has 0 fully saturated rings. The van der Waals surface area contributed by atoms with Crippen LogP contribution in [0.1, 0.15) is 23.0 Å². The van der Waals surface area contributed by atoms with Gasteiger partial charge >= 0.3 is 5.97 Å². The number of nitrogens with one attached hydrogen (secondary N) is 1. The summed E-state index contributed by atoms with van der Waals surface area (Å²) in [6, 6.07) is 4.38. The summed E-state index contributed by atoms with van der Waals surface area (Å²) in [7, 11) is 0. The van der Waals surface area contributed by atoms with Crippen LogP contribution in [0, 0.1) is 6.92 Å². The predicted molar refractivity (Wildman–Crippen MR) is 82.3 cm³/mol. The topological polar surface area (TPSA) is 99.9 Å². The first kappa shape index (κ1) is 16.1. The van der Waals surface area contributed by atoms with Gasteiger partial charge in [0.25, 0.3) is 5.91 Å². The van der Waals surface area contributed by atoms with Gasteiger partial charge in [-0.25, -0.2) is 4.79 Å². The van der Waals surface area contributed by atoms with Gasteiger partial charge in [-0.05, 0) is 26.0 Å². The fourth-order valence-corrected chi connectivity index (χ4v) is 2.29. The van der Waals surface area contributed by atoms with Gasteiger partial charge in [-0.1, -0.05) is 16.8 Å². The molecule has 24 heavy (non-hydrogen) atoms. The van der Waals surface area contributed by atoms with E-state index in [1.165, 1.54) is 19.1 Å². The summed E-state index contributed by atoms with van der Waals surface area (Å²) >= 11 is 6.02. The quantitative estimate of drug-likeness (QED) is 0.844. The maximum absolute atomic E-state index is 12.2. The van der Waals surface area contributed by atoms with E-state index in [0.717, 1.165) is 0 Å². The normalized spacial score (nSPS) is 13.5. The molecule has 1 aliphatic heterocycles. The van der Waals surface area contributed by atoms with E-state index in [-0.39, 0.29) is 23.2 Å². The van der Waals surface area contributed by atoms with Gasteiger partial charge in [-0.15, -0.1) is 0 Å². The minimum absolute atomic E-state index is 0.0312. The molecule has 8 nitrogen and oxygen atoms in total. The third kappa shape index (κ3) is 3.28. The fourth-order valence-electron chi connectivity index (χ4n) is 2.02. The number of aryl methyl sites for hydroxylation is 1. The molecule has 0 aliphatic carbocycles. The van der Waals surface area contributed by atoms with Crippen molar-refractivity contribution in [2.45, 2.75) is 20.0 Å². The molecule has 3 rings (SSSR count). The van der Waals surface area contributed by atoms with E-state index in [1.54, 1.807) is 13.0 Å². The van der Waals surface area contributed by atoms with Crippen molar-refractivity contribution in [2.75, 3.05) is 12.1 Å². The summed E-state index contributed by atoms with van der Waals surface area (Å²) in [6.07, 6.45) is -1.04. The Morgan fingerprint density at radius 1 is 1.33 bits per heavy atom. The summed E-state index contributed by atoms with van der Waals surface area (Å²) in [5.74, 6) is 0.263. The van der Waals surface area contributed by atoms with Gasteiger partial charge in [0, 0.05) is 6.07 Å². The molecule has 0 saturated carbocycles. The standard InChI is InChI=1S/C15H13ClN2O6/c1-7-3-12(18-24-7)17-14(19)8(2)23-15(20)9-4-10(16)13-11(5-9)21-6-22-13/h3-5,8H,6H2,1-2H3,(H,17,18,19)/t8-/m1/s1. The van der Waals surface area contributed by atoms with Crippen molar-refractivity contribution in [2.24, 2.45) is 0 Å². The van der Waals surface area contributed by atoms with E-state index >= 15 is 0 Å². The Kier molecular flexibility index (Phi) is 4.30. The van der Waals surface area contributed by atoms with Crippen LogP contribution in [0.25, 0.3) is 0 Å². The summed E-state index contributed by atoms with van der Waals surface area (Å²) in [6.45, 7) is 3.16. The monoisotopic (exact) mass is 352 g/mol. The third-order valence-corrected chi connectivity index (χ3v) is 3.48. The fraction of sp³-hybridized carbons (Fsp3) is 0.267. The number of fused-ring (bicyclic) bond motifs is 1. The number of hydrogen-bond donors (Lipinski definition) is 1. The maximum atomic E-state index is 12.2. The summed E-state index contributed by atoms with van der Waals surface area (Å²) in [4.78, 5) is 24.2. The molecule has 0 spiro atoms. The zero-order valence-electron chi connectivity index (χ0n) is 12.8. The number of benzene rings is 1. The van der Waals surface area contributed by atoms with E-state index in [2.05, 4.69) is 10.5 Å². The van der Waals surface area contributed by atoms with Gasteiger partial charge in [-0.3, -0.25) is 4.79 Å². The van der Waals surface area contributed by atoms with Crippen LogP contribution in [0.2, 0.25) is 5.02 Å². The first-order valence-corrected chi connectivity index (χ1v) is 7.36. The number of amides is 1. The number of carbonyl (C=O) groups excluding carboxylic acids is 2. The molecule has 0 unspecified atom stereocenters. The molecule has 126 valence electrons. The van der Waals surface area contributed by atoms with Crippen molar-refractivity contribution in [3.05, 3.63) is 34.5 Å². The molecule has 0 bridgehead atoms. The average Bonchev–Trinajstić information content (AvgIpc) is 3.16. The molecule has 2 heterocycles. The predicted octanol–water partition coefficient (Wildman–Crippen LogP) is 2.55. The first-order chi connectivity index (χ1) is 11.4. The Bertz CT molecular complexity index is 803. The SMILES string of the molecule is Cc1cc(NC(=O)[C@@H](C)OC(=O)c2cc(Cl)c3c(c2)OCO3)no1. The number of carbonyl (C=O) groups is 2. The highest BCUT2D eigenvalue weighted by Gasteiger charge is 2.24. The third-order valence-electron chi connectivity index (χ3n) is 3.20. The molecule has 1 aliphatic rings. The number of nitrogens with zero attached hydrogens (tertiary/aromatic N) is 1. The van der Waals surface area contributed by atoms with Crippen molar-refractivity contribution in [1.29, 1.82) is 0 Å². The van der Waals surface area contributed by atoms with E-state index in [9.17, 15) is 9.59 Å². The number of ether oxygens (including phenoxy) is 3. The van der Waals surface area contributed by atoms with E-state index in [1.807, 2.05) is 0 Å². The molecule has 1 atom stereocenters. The van der Waals surface area contributed by atoms with Gasteiger partial charge in [0.15, 0.2) is 23.4 Å². The van der Waals surface area contributed by atoms with E-state index < -0.39 is 18.0 Å². The van der Waals surface area contributed by atoms with Gasteiger partial charge < -0.3 is 24.1 Å². The van der Waals surface area contributed by atoms with Gasteiger partial charge in [-0.2, -0.15) is 0 Å². The number of esters is 1. The highest BCUT2D eigenvalue weighted by atomic mass is 35.5. The minimum atomic E-state index is -1.04. The van der Waals surface area contributed by atoms with Crippen LogP contribution in [0.4, 0.5) is 5.82 Å². The molecule has 1 N–H and O–H groups in total. The number of aromatic nitrogens is 1. The molecule has 0 radical (unpaired) electrons. The number of halogens is 1. The summed E-state index contributed by atoms with van der Waals surface area (Å²) < 4.78 is 20.3. The summed E-state index contributed by atoms with van der Waals surface area (Å²) in [5, 5.41) is 6.34. The zero-order chi connectivity index (χ0) is 17.3. The largest absolute Gasteiger partial charge is 0.454 e. The van der Waals surface area contributed by atoms with Crippen LogP contribution >= 0.6 is 11.6 Å². The molecule has 9 heteroatoms. The first-order valence-electron chi connectivity index (χ1n) is 6.98. The molecular weight excluding hydrogens is 340 g/mol.